The maximum Gasteiger partial charge on any atom is 0.319 e. The summed E-state index contributed by atoms with van der Waals surface area (Å²) >= 11 is 0. The van der Waals surface area contributed by atoms with Crippen molar-refractivity contribution < 1.29 is 23.5 Å². The average molecular weight is 569 g/mol. The van der Waals surface area contributed by atoms with Crippen LogP contribution < -0.4 is 10.8 Å². The van der Waals surface area contributed by atoms with E-state index in [4.69, 9.17) is 9.47 Å². The number of carbonyl (C=O) groups excluding carboxylic acids is 2. The molecule has 4 rings (SSSR count). The Labute approximate surface area is 249 Å². The number of rotatable bonds is 12. The number of hydrogen-bond donors (Lipinski definition) is 1. The average Bonchev–Trinajstić information content (AvgIpc) is 3.00. The number of benzene rings is 3. The molecule has 1 N–H and O–H groups in total. The molecule has 0 amide bonds. The number of halogens is 1. The minimum atomic E-state index is -0.391. The van der Waals surface area contributed by atoms with Crippen molar-refractivity contribution in [2.75, 3.05) is 19.7 Å². The van der Waals surface area contributed by atoms with Crippen LogP contribution in [0.4, 0.5) is 4.39 Å². The molecule has 0 heterocycles. The first-order valence-corrected chi connectivity index (χ1v) is 14.9. The van der Waals surface area contributed by atoms with E-state index in [0.29, 0.717) is 6.61 Å². The monoisotopic (exact) mass is 568 g/mol. The Balaban J connectivity index is 1.23. The second-order valence-corrected chi connectivity index (χ2v) is 10.9. The first-order valence-electron chi connectivity index (χ1n) is 14.9. The normalized spacial score (nSPS) is 15.5. The molecule has 1 atom stereocenters. The highest BCUT2D eigenvalue weighted by Crippen LogP contribution is 2.32. The maximum absolute atomic E-state index is 13.2. The van der Waals surface area contributed by atoms with Gasteiger partial charge in [-0.25, -0.2) is 4.39 Å². The van der Waals surface area contributed by atoms with Crippen molar-refractivity contribution in [2.24, 2.45) is 5.92 Å². The summed E-state index contributed by atoms with van der Waals surface area (Å²) in [7, 11) is 2.22. The van der Waals surface area contributed by atoms with Crippen LogP contribution in [0.5, 0.6) is 0 Å². The van der Waals surface area contributed by atoms with Gasteiger partial charge in [-0.1, -0.05) is 78.6 Å². The zero-order chi connectivity index (χ0) is 29.9. The molecule has 0 aliphatic heterocycles. The summed E-state index contributed by atoms with van der Waals surface area (Å²) in [6, 6.07) is 23.2. The third kappa shape index (κ3) is 9.15. The lowest BCUT2D eigenvalue weighted by atomic mass is 9.61. The number of allylic oxidation sites excluding steroid dienone is 2. The molecular weight excluding hydrogens is 528 g/mol. The van der Waals surface area contributed by atoms with Gasteiger partial charge in [-0.15, -0.1) is 5.47 Å². The van der Waals surface area contributed by atoms with E-state index in [1.807, 2.05) is 6.92 Å². The van der Waals surface area contributed by atoms with Crippen molar-refractivity contribution in [1.29, 1.82) is 0 Å². The molecule has 0 bridgehead atoms. The van der Waals surface area contributed by atoms with Crippen LogP contribution in [-0.2, 0) is 25.5 Å². The molecule has 1 saturated carbocycles. The standard InChI is InChI=1S/C35H40BFNO4/c1-4-41-34(39)23-38-22-21-26-5-7-29(8-6-26)30-13-17-32(18-14-30)36-24(2)27-9-11-31(12-10-27)35(40)42-25(3)28-15-19-33(37)20-16-28/h5-8,13-20,25,31,38H,4,9-12,21-23H2,1-3H3. The lowest BCUT2D eigenvalue weighted by Gasteiger charge is -2.26. The van der Waals surface area contributed by atoms with Crippen molar-refractivity contribution in [3.05, 3.63) is 101 Å². The summed E-state index contributed by atoms with van der Waals surface area (Å²) in [4.78, 5) is 24.2. The first kappa shape index (κ1) is 31.2. The number of hydrogen-bond acceptors (Lipinski definition) is 5. The molecule has 1 aliphatic rings. The maximum atomic E-state index is 13.2. The van der Waals surface area contributed by atoms with Crippen LogP contribution in [0, 0.1) is 11.7 Å². The van der Waals surface area contributed by atoms with Gasteiger partial charge in [-0.3, -0.25) is 9.59 Å². The summed E-state index contributed by atoms with van der Waals surface area (Å²) in [5.41, 5.74) is 8.15. The van der Waals surface area contributed by atoms with Crippen LogP contribution in [0.1, 0.15) is 63.7 Å². The fourth-order valence-electron chi connectivity index (χ4n) is 5.29. The van der Waals surface area contributed by atoms with E-state index in [1.54, 1.807) is 19.1 Å². The highest BCUT2D eigenvalue weighted by atomic mass is 19.1. The second-order valence-electron chi connectivity index (χ2n) is 10.9. The highest BCUT2D eigenvalue weighted by Gasteiger charge is 2.27. The Hall–Kier alpha value is -3.71. The summed E-state index contributed by atoms with van der Waals surface area (Å²) in [5, 5.41) is 3.12. The van der Waals surface area contributed by atoms with E-state index >= 15 is 0 Å². The fourth-order valence-corrected chi connectivity index (χ4v) is 5.29. The van der Waals surface area contributed by atoms with Gasteiger partial charge in [0.2, 0.25) is 0 Å². The molecule has 3 aromatic rings. The molecular formula is C35H40BFNO4. The molecule has 1 aliphatic carbocycles. The summed E-state index contributed by atoms with van der Waals surface area (Å²) in [6.45, 7) is 7.15. The first-order chi connectivity index (χ1) is 20.3. The van der Waals surface area contributed by atoms with E-state index in [1.165, 1.54) is 39.9 Å². The minimum absolute atomic E-state index is 0.101. The number of esters is 2. The third-order valence-corrected chi connectivity index (χ3v) is 7.86. The van der Waals surface area contributed by atoms with E-state index in [-0.39, 0.29) is 30.2 Å². The topological polar surface area (TPSA) is 64.6 Å². The second kappa shape index (κ2) is 15.5. The Bertz CT molecular complexity index is 1340. The van der Waals surface area contributed by atoms with Crippen LogP contribution in [-0.4, -0.2) is 38.9 Å². The summed E-state index contributed by atoms with van der Waals surface area (Å²) < 4.78 is 23.8. The molecule has 0 spiro atoms. The van der Waals surface area contributed by atoms with E-state index in [9.17, 15) is 14.0 Å². The van der Waals surface area contributed by atoms with Gasteiger partial charge in [0, 0.05) is 0 Å². The smallest absolute Gasteiger partial charge is 0.319 e. The summed E-state index contributed by atoms with van der Waals surface area (Å²) in [6.07, 6.45) is 3.79. The quantitative estimate of drug-likeness (QED) is 0.158. The molecule has 1 unspecified atom stereocenters. The van der Waals surface area contributed by atoms with Gasteiger partial charge in [-0.05, 0) is 86.9 Å². The fraction of sp³-hybridized carbons (Fsp3) is 0.371. The third-order valence-electron chi connectivity index (χ3n) is 7.86. The molecule has 1 fully saturated rings. The van der Waals surface area contributed by atoms with Crippen LogP contribution in [0.2, 0.25) is 0 Å². The van der Waals surface area contributed by atoms with Gasteiger partial charge >= 0.3 is 11.9 Å². The molecule has 1 radical (unpaired) electrons. The van der Waals surface area contributed by atoms with Crippen LogP contribution >= 0.6 is 0 Å². The lowest BCUT2D eigenvalue weighted by Crippen LogP contribution is -2.26. The van der Waals surface area contributed by atoms with Crippen LogP contribution in [0.3, 0.4) is 0 Å². The Morgan fingerprint density at radius 2 is 1.57 bits per heavy atom. The van der Waals surface area contributed by atoms with Crippen molar-refractivity contribution >= 4 is 24.7 Å². The zero-order valence-corrected chi connectivity index (χ0v) is 24.8. The van der Waals surface area contributed by atoms with Gasteiger partial charge < -0.3 is 14.8 Å². The Morgan fingerprint density at radius 1 is 0.952 bits per heavy atom. The van der Waals surface area contributed by atoms with Crippen LogP contribution in [0.25, 0.3) is 11.1 Å². The predicted octanol–water partition coefficient (Wildman–Crippen LogP) is 6.29. The highest BCUT2D eigenvalue weighted by molar-refractivity contribution is 6.61. The van der Waals surface area contributed by atoms with Gasteiger partial charge in [0.25, 0.3) is 0 Å². The summed E-state index contributed by atoms with van der Waals surface area (Å²) in [5.74, 6) is -0.787. The largest absolute Gasteiger partial charge is 0.465 e. The SMILES string of the molecule is CCOC(=O)CNCCc1ccc(-c2ccc([B]C(C)=C3CCC(C(=O)OC(C)c4ccc(F)cc4)CC3)cc2)cc1. The lowest BCUT2D eigenvalue weighted by molar-refractivity contribution is -0.154. The van der Waals surface area contributed by atoms with Gasteiger partial charge in [0.1, 0.15) is 11.9 Å². The predicted molar refractivity (Wildman–Crippen MR) is 166 cm³/mol. The Morgan fingerprint density at radius 3 is 2.19 bits per heavy atom. The molecule has 0 saturated heterocycles. The number of ether oxygens (including phenoxy) is 2. The van der Waals surface area contributed by atoms with E-state index < -0.39 is 6.10 Å². The molecule has 0 aromatic heterocycles. The van der Waals surface area contributed by atoms with Crippen molar-refractivity contribution in [3.63, 3.8) is 0 Å². The molecule has 42 heavy (non-hydrogen) atoms. The Kier molecular flexibility index (Phi) is 11.5. The molecule has 7 heteroatoms. The molecule has 5 nitrogen and oxygen atoms in total. The van der Waals surface area contributed by atoms with Crippen molar-refractivity contribution in [1.82, 2.24) is 5.32 Å². The van der Waals surface area contributed by atoms with Crippen LogP contribution in [0.15, 0.2) is 83.8 Å². The van der Waals surface area contributed by atoms with E-state index in [2.05, 4.69) is 68.1 Å². The number of nitrogens with one attached hydrogen (secondary N) is 1. The van der Waals surface area contributed by atoms with Gasteiger partial charge in [0.05, 0.1) is 19.1 Å². The van der Waals surface area contributed by atoms with Crippen molar-refractivity contribution in [2.45, 2.75) is 59.0 Å². The number of carbonyl (C=O) groups is 2. The van der Waals surface area contributed by atoms with Gasteiger partial charge in [0.15, 0.2) is 7.28 Å². The van der Waals surface area contributed by atoms with Gasteiger partial charge in [-0.2, -0.15) is 0 Å². The van der Waals surface area contributed by atoms with Crippen molar-refractivity contribution in [3.8, 4) is 11.1 Å². The van der Waals surface area contributed by atoms with E-state index in [0.717, 1.165) is 49.7 Å². The molecule has 3 aromatic carbocycles. The minimum Gasteiger partial charge on any atom is -0.465 e. The zero-order valence-electron chi connectivity index (χ0n) is 24.8. The molecule has 219 valence electrons.